The minimum absolute atomic E-state index is 0.0389. The Kier molecular flexibility index (Phi) is 15.0. The van der Waals surface area contributed by atoms with Crippen molar-refractivity contribution in [3.8, 4) is 0 Å². The van der Waals surface area contributed by atoms with Crippen LogP contribution in [0.4, 0.5) is 0 Å². The number of thioether (sulfide) groups is 1. The Morgan fingerprint density at radius 3 is 2.05 bits per heavy atom. The van der Waals surface area contributed by atoms with Crippen molar-refractivity contribution >= 4 is 35.5 Å². The second-order valence-corrected chi connectivity index (χ2v) is 14.0. The molecule has 10 heteroatoms. The number of benzene rings is 1. The molecule has 0 bridgehead atoms. The number of esters is 1. The minimum Gasteiger partial charge on any atom is -0.467 e. The zero-order valence-corrected chi connectivity index (χ0v) is 29.0. The average molecular weight is 619 g/mol. The lowest BCUT2D eigenvalue weighted by molar-refractivity contribution is -0.144. The molecule has 3 amide bonds. The highest BCUT2D eigenvalue weighted by molar-refractivity contribution is 7.98. The number of hydrogen-bond acceptors (Lipinski definition) is 7. The molecule has 0 spiro atoms. The molecule has 1 rings (SSSR count). The molecule has 1 aromatic rings. The Balaban J connectivity index is 3.28. The Hall–Kier alpha value is -2.85. The molecule has 0 aromatic heterocycles. The monoisotopic (exact) mass is 618 g/mol. The van der Waals surface area contributed by atoms with Gasteiger partial charge in [0.05, 0.1) is 19.2 Å². The summed E-state index contributed by atoms with van der Waals surface area (Å²) in [6.07, 6.45) is 4.12. The van der Waals surface area contributed by atoms with Gasteiger partial charge >= 0.3 is 5.97 Å². The number of nitrogens with one attached hydrogen (secondary N) is 3. The Morgan fingerprint density at radius 1 is 1.00 bits per heavy atom. The van der Waals surface area contributed by atoms with Crippen LogP contribution in [0.3, 0.4) is 0 Å². The van der Waals surface area contributed by atoms with E-state index in [1.807, 2.05) is 85.1 Å². The highest BCUT2D eigenvalue weighted by Gasteiger charge is 2.41. The summed E-state index contributed by atoms with van der Waals surface area (Å²) in [4.78, 5) is 54.7. The Morgan fingerprint density at radius 2 is 1.58 bits per heavy atom. The maximum atomic E-state index is 14.1. The van der Waals surface area contributed by atoms with Crippen LogP contribution in [0.25, 0.3) is 0 Å². The number of carbonyl (C=O) groups excluding carboxylic acids is 4. The SMILES string of the molecule is CNC(C(=O)NC(C(=O)N(C)C(C=C(C)C(=O)NC(CCSC)C(=O)OC)C(C)C)C(C)(C)C)C(C)(C)c1ccccc1. The first-order valence-corrected chi connectivity index (χ1v) is 16.2. The Bertz CT molecular complexity index is 1110. The predicted molar refractivity (Wildman–Crippen MR) is 176 cm³/mol. The van der Waals surface area contributed by atoms with E-state index in [1.54, 1.807) is 43.8 Å². The van der Waals surface area contributed by atoms with Crippen LogP contribution in [-0.2, 0) is 29.3 Å². The molecule has 3 N–H and O–H groups in total. The zero-order valence-electron chi connectivity index (χ0n) is 28.2. The first kappa shape index (κ1) is 38.2. The van der Waals surface area contributed by atoms with Crippen molar-refractivity contribution in [2.24, 2.45) is 11.3 Å². The highest BCUT2D eigenvalue weighted by atomic mass is 32.2. The summed E-state index contributed by atoms with van der Waals surface area (Å²) in [6, 6.07) is 7.18. The second kappa shape index (κ2) is 16.9. The summed E-state index contributed by atoms with van der Waals surface area (Å²) in [6.45, 7) is 15.4. The van der Waals surface area contributed by atoms with Gasteiger partial charge < -0.3 is 25.6 Å². The lowest BCUT2D eigenvalue weighted by Crippen LogP contribution is -2.61. The number of ether oxygens (including phenoxy) is 1. The second-order valence-electron chi connectivity index (χ2n) is 13.0. The van der Waals surface area contributed by atoms with Gasteiger partial charge in [-0.3, -0.25) is 14.4 Å². The normalized spacial score (nSPS) is 15.2. The lowest BCUT2D eigenvalue weighted by atomic mass is 9.76. The summed E-state index contributed by atoms with van der Waals surface area (Å²) < 4.78 is 4.87. The summed E-state index contributed by atoms with van der Waals surface area (Å²) in [7, 11) is 4.73. The van der Waals surface area contributed by atoms with E-state index in [2.05, 4.69) is 16.0 Å². The summed E-state index contributed by atoms with van der Waals surface area (Å²) in [5, 5.41) is 8.99. The number of nitrogens with zero attached hydrogens (tertiary/aromatic N) is 1. The number of methoxy groups -OCH3 is 1. The maximum Gasteiger partial charge on any atom is 0.328 e. The molecule has 1 aromatic carbocycles. The standard InChI is InChI=1S/C33H54N4O5S/c1-21(2)25(20-22(3)28(38)35-24(18-19-43-12)31(41)42-11)37(10)30(40)27(32(4,5)6)36-29(39)26(34-9)33(7,8)23-16-14-13-15-17-23/h13-17,20-21,24-27,34H,18-19H2,1-12H3,(H,35,38)(H,36,39). The van der Waals surface area contributed by atoms with Crippen LogP contribution in [0.5, 0.6) is 0 Å². The van der Waals surface area contributed by atoms with Gasteiger partial charge in [-0.15, -0.1) is 0 Å². The van der Waals surface area contributed by atoms with Gasteiger partial charge in [0.1, 0.15) is 12.1 Å². The molecule has 43 heavy (non-hydrogen) atoms. The molecule has 4 atom stereocenters. The maximum absolute atomic E-state index is 14.1. The van der Waals surface area contributed by atoms with E-state index in [0.717, 1.165) is 5.56 Å². The van der Waals surface area contributed by atoms with Crippen molar-refractivity contribution < 1.29 is 23.9 Å². The van der Waals surface area contributed by atoms with Crippen molar-refractivity contribution in [2.45, 2.75) is 91.4 Å². The number of carbonyl (C=O) groups is 4. The van der Waals surface area contributed by atoms with Crippen LogP contribution in [0.2, 0.25) is 0 Å². The number of likely N-dealkylation sites (N-methyl/N-ethyl adjacent to an activating group) is 2. The van der Waals surface area contributed by atoms with E-state index in [9.17, 15) is 19.2 Å². The van der Waals surface area contributed by atoms with Crippen LogP contribution in [0.1, 0.15) is 67.4 Å². The topological polar surface area (TPSA) is 117 Å². The van der Waals surface area contributed by atoms with Gasteiger partial charge in [0, 0.05) is 18.0 Å². The van der Waals surface area contributed by atoms with Crippen LogP contribution in [-0.4, -0.2) is 86.0 Å². The fourth-order valence-corrected chi connectivity index (χ4v) is 5.53. The molecular formula is C33H54N4O5S. The smallest absolute Gasteiger partial charge is 0.328 e. The predicted octanol–water partition coefficient (Wildman–Crippen LogP) is 3.92. The first-order chi connectivity index (χ1) is 19.9. The molecule has 0 aliphatic rings. The third kappa shape index (κ3) is 10.7. The molecule has 4 unspecified atom stereocenters. The van der Waals surface area contributed by atoms with Gasteiger partial charge in [0.15, 0.2) is 0 Å². The third-order valence-electron chi connectivity index (χ3n) is 7.85. The molecule has 0 saturated heterocycles. The third-order valence-corrected chi connectivity index (χ3v) is 8.49. The number of hydrogen-bond donors (Lipinski definition) is 3. The summed E-state index contributed by atoms with van der Waals surface area (Å²) >= 11 is 1.58. The average Bonchev–Trinajstić information content (AvgIpc) is 2.95. The van der Waals surface area contributed by atoms with E-state index in [4.69, 9.17) is 4.74 Å². The number of rotatable bonds is 15. The van der Waals surface area contributed by atoms with Crippen LogP contribution in [0.15, 0.2) is 42.0 Å². The fourth-order valence-electron chi connectivity index (χ4n) is 5.06. The van der Waals surface area contributed by atoms with Gasteiger partial charge in [0.2, 0.25) is 17.7 Å². The van der Waals surface area contributed by atoms with Gasteiger partial charge in [-0.1, -0.05) is 84.9 Å². The lowest BCUT2D eigenvalue weighted by Gasteiger charge is -2.40. The number of amides is 3. The minimum atomic E-state index is -0.827. The fraction of sp³-hybridized carbons (Fsp3) is 0.636. The Labute approximate surface area is 263 Å². The van der Waals surface area contributed by atoms with Gasteiger partial charge in [-0.25, -0.2) is 4.79 Å². The zero-order chi connectivity index (χ0) is 33.1. The van der Waals surface area contributed by atoms with Crippen molar-refractivity contribution in [1.82, 2.24) is 20.9 Å². The molecule has 0 aliphatic heterocycles. The van der Waals surface area contributed by atoms with Gasteiger partial charge in [-0.05, 0) is 49.3 Å². The van der Waals surface area contributed by atoms with Crippen LogP contribution >= 0.6 is 11.8 Å². The van der Waals surface area contributed by atoms with Crippen molar-refractivity contribution in [1.29, 1.82) is 0 Å². The molecule has 0 aliphatic carbocycles. The van der Waals surface area contributed by atoms with Crippen molar-refractivity contribution in [2.75, 3.05) is 33.2 Å². The molecule has 0 radical (unpaired) electrons. The largest absolute Gasteiger partial charge is 0.467 e. The first-order valence-electron chi connectivity index (χ1n) is 14.8. The molecule has 0 saturated carbocycles. The molecule has 9 nitrogen and oxygen atoms in total. The highest BCUT2D eigenvalue weighted by Crippen LogP contribution is 2.29. The van der Waals surface area contributed by atoms with Crippen LogP contribution < -0.4 is 16.0 Å². The van der Waals surface area contributed by atoms with Crippen molar-refractivity contribution in [3.63, 3.8) is 0 Å². The quantitative estimate of drug-likeness (QED) is 0.202. The molecular weight excluding hydrogens is 564 g/mol. The molecule has 0 heterocycles. The van der Waals surface area contributed by atoms with Gasteiger partial charge in [0.25, 0.3) is 0 Å². The summed E-state index contributed by atoms with van der Waals surface area (Å²) in [5.74, 6) is -0.785. The van der Waals surface area contributed by atoms with E-state index in [-0.39, 0.29) is 17.7 Å². The van der Waals surface area contributed by atoms with E-state index in [0.29, 0.717) is 17.7 Å². The molecule has 0 fully saturated rings. The summed E-state index contributed by atoms with van der Waals surface area (Å²) in [5.41, 5.74) is 0.233. The molecule has 242 valence electrons. The van der Waals surface area contributed by atoms with Crippen LogP contribution in [0, 0.1) is 11.3 Å². The van der Waals surface area contributed by atoms with Crippen molar-refractivity contribution in [3.05, 3.63) is 47.5 Å². The van der Waals surface area contributed by atoms with E-state index >= 15 is 0 Å². The van der Waals surface area contributed by atoms with Gasteiger partial charge in [-0.2, -0.15) is 11.8 Å². The van der Waals surface area contributed by atoms with E-state index in [1.165, 1.54) is 7.11 Å². The van der Waals surface area contributed by atoms with E-state index < -0.39 is 46.9 Å².